The summed E-state index contributed by atoms with van der Waals surface area (Å²) >= 11 is 0. The standard InChI is InChI=1S/C10H17N3O3/c1-2-3-16-10-4-9(11-7-12-10)13-8(5-14)6-15/h4,7-8,14-15H,2-3,5-6H2,1H3,(H,11,12,13). The monoisotopic (exact) mass is 227 g/mol. The van der Waals surface area contributed by atoms with Gasteiger partial charge in [-0.2, -0.15) is 0 Å². The molecule has 0 aromatic carbocycles. The Kier molecular flexibility index (Phi) is 5.52. The van der Waals surface area contributed by atoms with Crippen molar-refractivity contribution < 1.29 is 14.9 Å². The molecule has 0 saturated carbocycles. The van der Waals surface area contributed by atoms with Crippen LogP contribution in [-0.2, 0) is 0 Å². The van der Waals surface area contributed by atoms with Crippen molar-refractivity contribution in [1.29, 1.82) is 0 Å². The number of hydrogen-bond acceptors (Lipinski definition) is 6. The summed E-state index contributed by atoms with van der Waals surface area (Å²) in [5.41, 5.74) is 0. The van der Waals surface area contributed by atoms with E-state index in [2.05, 4.69) is 15.3 Å². The number of anilines is 1. The predicted octanol–water partition coefficient (Wildman–Crippen LogP) is 0.0305. The molecule has 16 heavy (non-hydrogen) atoms. The second kappa shape index (κ2) is 6.97. The van der Waals surface area contributed by atoms with Crippen molar-refractivity contribution in [2.45, 2.75) is 19.4 Å². The summed E-state index contributed by atoms with van der Waals surface area (Å²) < 4.78 is 5.33. The Hall–Kier alpha value is -1.40. The molecule has 0 radical (unpaired) electrons. The summed E-state index contributed by atoms with van der Waals surface area (Å²) in [6, 6.07) is 1.21. The number of aromatic nitrogens is 2. The molecule has 0 saturated heterocycles. The zero-order chi connectivity index (χ0) is 11.8. The fourth-order valence-electron chi connectivity index (χ4n) is 1.06. The predicted molar refractivity (Wildman–Crippen MR) is 59.4 cm³/mol. The van der Waals surface area contributed by atoms with E-state index in [4.69, 9.17) is 14.9 Å². The van der Waals surface area contributed by atoms with Crippen LogP contribution in [0.1, 0.15) is 13.3 Å². The highest BCUT2D eigenvalue weighted by Gasteiger charge is 2.07. The van der Waals surface area contributed by atoms with Gasteiger partial charge in [-0.3, -0.25) is 0 Å². The molecule has 0 aliphatic rings. The lowest BCUT2D eigenvalue weighted by Crippen LogP contribution is -2.28. The van der Waals surface area contributed by atoms with E-state index in [9.17, 15) is 0 Å². The molecule has 0 bridgehead atoms. The maximum atomic E-state index is 8.90. The van der Waals surface area contributed by atoms with Crippen LogP contribution in [0.3, 0.4) is 0 Å². The van der Waals surface area contributed by atoms with Gasteiger partial charge in [0.05, 0.1) is 25.9 Å². The summed E-state index contributed by atoms with van der Waals surface area (Å²) in [7, 11) is 0. The highest BCUT2D eigenvalue weighted by Crippen LogP contribution is 2.11. The van der Waals surface area contributed by atoms with E-state index >= 15 is 0 Å². The number of ether oxygens (including phenoxy) is 1. The number of aliphatic hydroxyl groups is 2. The SMILES string of the molecule is CCCOc1cc(NC(CO)CO)ncn1. The lowest BCUT2D eigenvalue weighted by Gasteiger charge is -2.14. The third-order valence-corrected chi connectivity index (χ3v) is 1.89. The first-order valence-corrected chi connectivity index (χ1v) is 5.23. The largest absolute Gasteiger partial charge is 0.478 e. The van der Waals surface area contributed by atoms with E-state index in [-0.39, 0.29) is 13.2 Å². The van der Waals surface area contributed by atoms with Crippen LogP contribution >= 0.6 is 0 Å². The number of hydrogen-bond donors (Lipinski definition) is 3. The van der Waals surface area contributed by atoms with Crippen LogP contribution in [0, 0.1) is 0 Å². The zero-order valence-corrected chi connectivity index (χ0v) is 9.26. The highest BCUT2D eigenvalue weighted by atomic mass is 16.5. The molecule has 0 aliphatic carbocycles. The number of rotatable bonds is 7. The van der Waals surface area contributed by atoms with E-state index in [1.54, 1.807) is 6.07 Å². The molecule has 0 atom stereocenters. The zero-order valence-electron chi connectivity index (χ0n) is 9.26. The third-order valence-electron chi connectivity index (χ3n) is 1.89. The number of nitrogens with one attached hydrogen (secondary N) is 1. The van der Waals surface area contributed by atoms with Gasteiger partial charge in [-0.25, -0.2) is 9.97 Å². The Labute approximate surface area is 94.3 Å². The number of aliphatic hydroxyl groups excluding tert-OH is 2. The quantitative estimate of drug-likeness (QED) is 0.609. The van der Waals surface area contributed by atoms with Gasteiger partial charge in [-0.15, -0.1) is 0 Å². The summed E-state index contributed by atoms with van der Waals surface area (Å²) in [5, 5.41) is 20.7. The van der Waals surface area contributed by atoms with Crippen LogP contribution in [0.5, 0.6) is 5.88 Å². The first-order valence-electron chi connectivity index (χ1n) is 5.23. The van der Waals surface area contributed by atoms with E-state index < -0.39 is 6.04 Å². The molecule has 1 rings (SSSR count). The molecule has 3 N–H and O–H groups in total. The summed E-state index contributed by atoms with van der Waals surface area (Å²) in [4.78, 5) is 7.90. The molecule has 6 nitrogen and oxygen atoms in total. The van der Waals surface area contributed by atoms with E-state index in [1.807, 2.05) is 6.92 Å². The smallest absolute Gasteiger partial charge is 0.218 e. The summed E-state index contributed by atoms with van der Waals surface area (Å²) in [6.45, 7) is 2.28. The van der Waals surface area contributed by atoms with Crippen LogP contribution in [0.15, 0.2) is 12.4 Å². The van der Waals surface area contributed by atoms with Gasteiger partial charge in [0.15, 0.2) is 0 Å². The minimum atomic E-state index is -0.422. The molecule has 0 spiro atoms. The minimum absolute atomic E-state index is 0.161. The van der Waals surface area contributed by atoms with Gasteiger partial charge in [0.25, 0.3) is 0 Å². The van der Waals surface area contributed by atoms with Crippen molar-refractivity contribution in [2.75, 3.05) is 25.1 Å². The second-order valence-corrected chi connectivity index (χ2v) is 3.30. The van der Waals surface area contributed by atoms with Crippen LogP contribution < -0.4 is 10.1 Å². The molecule has 90 valence electrons. The van der Waals surface area contributed by atoms with E-state index in [0.717, 1.165) is 6.42 Å². The second-order valence-electron chi connectivity index (χ2n) is 3.30. The lowest BCUT2D eigenvalue weighted by molar-refractivity contribution is 0.203. The Morgan fingerprint density at radius 3 is 2.75 bits per heavy atom. The van der Waals surface area contributed by atoms with Gasteiger partial charge in [0.2, 0.25) is 5.88 Å². The number of nitrogens with zero attached hydrogens (tertiary/aromatic N) is 2. The van der Waals surface area contributed by atoms with Crippen LogP contribution in [0.2, 0.25) is 0 Å². The Bertz CT molecular complexity index is 305. The molecule has 6 heteroatoms. The first-order chi connectivity index (χ1) is 7.80. The molecule has 1 aromatic heterocycles. The third kappa shape index (κ3) is 4.00. The molecular formula is C10H17N3O3. The van der Waals surface area contributed by atoms with Crippen LogP contribution in [0.4, 0.5) is 5.82 Å². The topological polar surface area (TPSA) is 87.5 Å². The molecule has 0 amide bonds. The van der Waals surface area contributed by atoms with Gasteiger partial charge >= 0.3 is 0 Å². The molecule has 1 aromatic rings. The van der Waals surface area contributed by atoms with Crippen molar-refractivity contribution >= 4 is 5.82 Å². The summed E-state index contributed by atoms with van der Waals surface area (Å²) in [5.74, 6) is 1.00. The van der Waals surface area contributed by atoms with Crippen molar-refractivity contribution in [2.24, 2.45) is 0 Å². The minimum Gasteiger partial charge on any atom is -0.478 e. The molecule has 1 heterocycles. The molecular weight excluding hydrogens is 210 g/mol. The maximum Gasteiger partial charge on any atom is 0.218 e. The van der Waals surface area contributed by atoms with E-state index in [1.165, 1.54) is 6.33 Å². The van der Waals surface area contributed by atoms with Crippen molar-refractivity contribution in [1.82, 2.24) is 9.97 Å². The molecule has 0 fully saturated rings. The van der Waals surface area contributed by atoms with Crippen molar-refractivity contribution in [3.63, 3.8) is 0 Å². The van der Waals surface area contributed by atoms with Crippen LogP contribution in [0.25, 0.3) is 0 Å². The highest BCUT2D eigenvalue weighted by molar-refractivity contribution is 5.38. The van der Waals surface area contributed by atoms with Gasteiger partial charge in [0, 0.05) is 6.07 Å². The fourth-order valence-corrected chi connectivity index (χ4v) is 1.06. The average molecular weight is 227 g/mol. The van der Waals surface area contributed by atoms with Crippen LogP contribution in [-0.4, -0.2) is 46.0 Å². The van der Waals surface area contributed by atoms with Crippen molar-refractivity contribution in [3.8, 4) is 5.88 Å². The lowest BCUT2D eigenvalue weighted by atomic mass is 10.3. The summed E-state index contributed by atoms with van der Waals surface area (Å²) in [6.07, 6.45) is 2.28. The normalized spacial score (nSPS) is 10.5. The van der Waals surface area contributed by atoms with Gasteiger partial charge < -0.3 is 20.3 Å². The Balaban J connectivity index is 2.59. The van der Waals surface area contributed by atoms with E-state index in [0.29, 0.717) is 18.3 Å². The Morgan fingerprint density at radius 2 is 2.12 bits per heavy atom. The molecule has 0 aliphatic heterocycles. The first kappa shape index (κ1) is 12.7. The van der Waals surface area contributed by atoms with Gasteiger partial charge in [0.1, 0.15) is 12.1 Å². The maximum absolute atomic E-state index is 8.90. The van der Waals surface area contributed by atoms with Gasteiger partial charge in [-0.1, -0.05) is 6.92 Å². The molecule has 0 unspecified atom stereocenters. The Morgan fingerprint density at radius 1 is 1.38 bits per heavy atom. The average Bonchev–Trinajstić information content (AvgIpc) is 2.34. The van der Waals surface area contributed by atoms with Crippen molar-refractivity contribution in [3.05, 3.63) is 12.4 Å². The fraction of sp³-hybridized carbons (Fsp3) is 0.600. The van der Waals surface area contributed by atoms with Gasteiger partial charge in [-0.05, 0) is 6.42 Å².